The third kappa shape index (κ3) is 7.64. The summed E-state index contributed by atoms with van der Waals surface area (Å²) in [7, 11) is 0. The van der Waals surface area contributed by atoms with Gasteiger partial charge in [-0.1, -0.05) is 86.5 Å². The molecule has 0 aromatic rings. The normalized spacial score (nSPS) is 28.1. The van der Waals surface area contributed by atoms with Gasteiger partial charge in [0.25, 0.3) is 0 Å². The fraction of sp³-hybridized carbons (Fsp3) is 0.867. The van der Waals surface area contributed by atoms with E-state index < -0.39 is 0 Å². The highest BCUT2D eigenvalue weighted by Gasteiger charge is 2.39. The highest BCUT2D eigenvalue weighted by molar-refractivity contribution is 5.43. The highest BCUT2D eigenvalue weighted by Crippen LogP contribution is 2.46. The van der Waals surface area contributed by atoms with Crippen molar-refractivity contribution in [3.8, 4) is 0 Å². The Kier molecular flexibility index (Phi) is 10.8. The summed E-state index contributed by atoms with van der Waals surface area (Å²) >= 11 is 0. The van der Waals surface area contributed by atoms with E-state index in [9.17, 15) is 5.11 Å². The van der Waals surface area contributed by atoms with Crippen molar-refractivity contribution in [3.05, 3.63) is 22.5 Å². The number of hydrogen-bond acceptors (Lipinski definition) is 2. The van der Waals surface area contributed by atoms with Gasteiger partial charge in [0.15, 0.2) is 0 Å². The van der Waals surface area contributed by atoms with Crippen LogP contribution in [0.2, 0.25) is 0 Å². The summed E-state index contributed by atoms with van der Waals surface area (Å²) in [5.41, 5.74) is 3.72. The molecule has 2 aliphatic rings. The van der Waals surface area contributed by atoms with Gasteiger partial charge in [-0.05, 0) is 80.4 Å². The van der Waals surface area contributed by atoms with E-state index in [1.807, 2.05) is 0 Å². The van der Waals surface area contributed by atoms with Crippen molar-refractivity contribution in [1.29, 1.82) is 0 Å². The first kappa shape index (κ1) is 27.5. The van der Waals surface area contributed by atoms with Gasteiger partial charge >= 0.3 is 0 Å². The van der Waals surface area contributed by atoms with E-state index in [0.717, 1.165) is 49.2 Å². The Balaban J connectivity index is 1.75. The Morgan fingerprint density at radius 1 is 0.969 bits per heavy atom. The van der Waals surface area contributed by atoms with E-state index in [1.165, 1.54) is 68.1 Å². The first-order valence-corrected chi connectivity index (χ1v) is 13.9. The number of aliphatic hydroxyl groups excluding tert-OH is 1. The first-order valence-electron chi connectivity index (χ1n) is 13.9. The molecule has 1 N–H and O–H groups in total. The van der Waals surface area contributed by atoms with Crippen molar-refractivity contribution >= 4 is 0 Å². The Morgan fingerprint density at radius 2 is 1.53 bits per heavy atom. The smallest absolute Gasteiger partial charge is 0.122 e. The standard InChI is InChI=1S/C30H54O2/c1-9-26-27-18-20-30(8,32-29(27)25(7)24(6)28(26)31)19-12-17-23(5)16-11-15-22(4)14-10-13-21(2)3/h21-24,28,31H,9-20H2,1-8H3. The second-order valence-corrected chi connectivity index (χ2v) is 12.0. The fourth-order valence-corrected chi connectivity index (χ4v) is 5.81. The van der Waals surface area contributed by atoms with E-state index >= 15 is 0 Å². The molecule has 1 aliphatic carbocycles. The number of aliphatic hydroxyl groups is 1. The van der Waals surface area contributed by atoms with E-state index in [1.54, 1.807) is 0 Å². The lowest BCUT2D eigenvalue weighted by molar-refractivity contribution is -0.0177. The average Bonchev–Trinajstić information content (AvgIpc) is 2.73. The van der Waals surface area contributed by atoms with Gasteiger partial charge in [-0.15, -0.1) is 0 Å². The van der Waals surface area contributed by atoms with Crippen LogP contribution in [0.3, 0.4) is 0 Å². The van der Waals surface area contributed by atoms with Crippen LogP contribution in [0.5, 0.6) is 0 Å². The number of allylic oxidation sites excluding steroid dienone is 1. The zero-order valence-electron chi connectivity index (χ0n) is 22.7. The molecule has 1 fully saturated rings. The number of hydrogen-bond donors (Lipinski definition) is 1. The lowest BCUT2D eigenvalue weighted by Crippen LogP contribution is -2.38. The average molecular weight is 447 g/mol. The molecule has 2 heteroatoms. The molecule has 1 aliphatic heterocycles. The van der Waals surface area contributed by atoms with E-state index in [0.29, 0.717) is 0 Å². The predicted octanol–water partition coefficient (Wildman–Crippen LogP) is 8.99. The van der Waals surface area contributed by atoms with Crippen molar-refractivity contribution in [3.63, 3.8) is 0 Å². The Bertz CT molecular complexity index is 643. The molecule has 0 amide bonds. The van der Waals surface area contributed by atoms with Crippen LogP contribution in [0.1, 0.15) is 132 Å². The topological polar surface area (TPSA) is 29.5 Å². The zero-order valence-corrected chi connectivity index (χ0v) is 22.7. The lowest BCUT2D eigenvalue weighted by Gasteiger charge is -2.43. The summed E-state index contributed by atoms with van der Waals surface area (Å²) in [6.45, 7) is 18.3. The molecule has 0 aromatic heterocycles. The summed E-state index contributed by atoms with van der Waals surface area (Å²) in [5.74, 6) is 3.84. The molecule has 186 valence electrons. The predicted molar refractivity (Wildman–Crippen MR) is 139 cm³/mol. The van der Waals surface area contributed by atoms with Crippen LogP contribution in [-0.4, -0.2) is 16.8 Å². The second kappa shape index (κ2) is 12.6. The minimum atomic E-state index is -0.328. The molecule has 0 spiro atoms. The Hall–Kier alpha value is -0.760. The third-order valence-electron chi connectivity index (χ3n) is 8.44. The summed E-state index contributed by atoms with van der Waals surface area (Å²) in [5, 5.41) is 10.7. The molecular formula is C30H54O2. The van der Waals surface area contributed by atoms with E-state index in [-0.39, 0.29) is 17.6 Å². The molecule has 1 saturated heterocycles. The minimum Gasteiger partial charge on any atom is -0.487 e. The SMILES string of the molecule is CCC1=C2CCC(C)(CCCC(C)CCCC(C)CCCC(C)C)OC2=C(C)C(C)C1O. The lowest BCUT2D eigenvalue weighted by atomic mass is 9.76. The summed E-state index contributed by atoms with van der Waals surface area (Å²) in [6, 6.07) is 0. The molecule has 5 atom stereocenters. The van der Waals surface area contributed by atoms with Gasteiger partial charge in [0.2, 0.25) is 0 Å². The molecule has 2 nitrogen and oxygen atoms in total. The molecule has 0 bridgehead atoms. The van der Waals surface area contributed by atoms with Crippen molar-refractivity contribution in [1.82, 2.24) is 0 Å². The van der Waals surface area contributed by atoms with Gasteiger partial charge in [0.05, 0.1) is 6.10 Å². The Labute approximate surface area is 200 Å². The van der Waals surface area contributed by atoms with Gasteiger partial charge in [0.1, 0.15) is 11.4 Å². The molecule has 0 saturated carbocycles. The van der Waals surface area contributed by atoms with Gasteiger partial charge in [-0.25, -0.2) is 0 Å². The first-order chi connectivity index (χ1) is 15.1. The maximum absolute atomic E-state index is 10.7. The van der Waals surface area contributed by atoms with Crippen LogP contribution in [0.4, 0.5) is 0 Å². The van der Waals surface area contributed by atoms with Crippen molar-refractivity contribution < 1.29 is 9.84 Å². The summed E-state index contributed by atoms with van der Waals surface area (Å²) in [4.78, 5) is 0. The monoisotopic (exact) mass is 446 g/mol. The van der Waals surface area contributed by atoms with Crippen LogP contribution < -0.4 is 0 Å². The summed E-state index contributed by atoms with van der Waals surface area (Å²) < 4.78 is 6.70. The van der Waals surface area contributed by atoms with Crippen LogP contribution in [0, 0.1) is 23.7 Å². The molecule has 1 heterocycles. The van der Waals surface area contributed by atoms with Crippen molar-refractivity contribution in [2.24, 2.45) is 23.7 Å². The molecule has 0 radical (unpaired) electrons. The fourth-order valence-electron chi connectivity index (χ4n) is 5.81. The van der Waals surface area contributed by atoms with Gasteiger partial charge in [-0.3, -0.25) is 0 Å². The maximum Gasteiger partial charge on any atom is 0.122 e. The minimum absolute atomic E-state index is 0.0500. The van der Waals surface area contributed by atoms with Crippen LogP contribution >= 0.6 is 0 Å². The van der Waals surface area contributed by atoms with Gasteiger partial charge < -0.3 is 9.84 Å². The molecule has 2 rings (SSSR count). The zero-order chi connectivity index (χ0) is 23.9. The van der Waals surface area contributed by atoms with E-state index in [4.69, 9.17) is 4.74 Å². The van der Waals surface area contributed by atoms with Gasteiger partial charge in [0, 0.05) is 5.92 Å². The number of fused-ring (bicyclic) bond motifs is 1. The van der Waals surface area contributed by atoms with Gasteiger partial charge in [-0.2, -0.15) is 0 Å². The van der Waals surface area contributed by atoms with Crippen molar-refractivity contribution in [2.45, 2.75) is 144 Å². The van der Waals surface area contributed by atoms with Crippen LogP contribution in [0.15, 0.2) is 22.5 Å². The van der Waals surface area contributed by atoms with Crippen LogP contribution in [0.25, 0.3) is 0 Å². The molecule has 32 heavy (non-hydrogen) atoms. The highest BCUT2D eigenvalue weighted by atomic mass is 16.5. The number of ether oxygens (including phenoxy) is 1. The quantitative estimate of drug-likeness (QED) is 0.306. The molecule has 0 aromatic carbocycles. The second-order valence-electron chi connectivity index (χ2n) is 12.0. The Morgan fingerprint density at radius 3 is 2.09 bits per heavy atom. The maximum atomic E-state index is 10.7. The number of rotatable bonds is 13. The third-order valence-corrected chi connectivity index (χ3v) is 8.44. The van der Waals surface area contributed by atoms with Crippen LogP contribution in [-0.2, 0) is 4.74 Å². The molecular weight excluding hydrogens is 392 g/mol. The summed E-state index contributed by atoms with van der Waals surface area (Å²) in [6.07, 6.45) is 14.8. The largest absolute Gasteiger partial charge is 0.487 e. The van der Waals surface area contributed by atoms with Crippen molar-refractivity contribution in [2.75, 3.05) is 0 Å². The van der Waals surface area contributed by atoms with E-state index in [2.05, 4.69) is 55.4 Å². The molecule has 5 unspecified atom stereocenters.